The van der Waals surface area contributed by atoms with E-state index in [1.807, 2.05) is 18.2 Å². The number of Topliss-reactive ketones (excluding diaryl/α,β-unsaturated/α-hetero) is 1. The van der Waals surface area contributed by atoms with Crippen LogP contribution in [-0.4, -0.2) is 21.7 Å². The Balaban J connectivity index is 1.72. The number of benzene rings is 1. The fraction of sp³-hybridized carbons (Fsp3) is 0.304. The summed E-state index contributed by atoms with van der Waals surface area (Å²) in [5.41, 5.74) is 1.63. The number of anilines is 1. The zero-order valence-electron chi connectivity index (χ0n) is 16.4. The molecule has 3 aromatic rings. The maximum Gasteiger partial charge on any atom is 0.260 e. The molecule has 29 heavy (non-hydrogen) atoms. The second-order valence-electron chi connectivity index (χ2n) is 7.80. The molecule has 1 amide bonds. The number of fused-ring (bicyclic) bond motifs is 2. The van der Waals surface area contributed by atoms with Crippen molar-refractivity contribution in [3.63, 3.8) is 0 Å². The number of hydrogen-bond donors (Lipinski definition) is 0. The highest BCUT2D eigenvalue weighted by atomic mass is 19.1. The fourth-order valence-electron chi connectivity index (χ4n) is 3.73. The van der Waals surface area contributed by atoms with Crippen molar-refractivity contribution in [2.45, 2.75) is 39.2 Å². The maximum absolute atomic E-state index is 13.6. The van der Waals surface area contributed by atoms with Gasteiger partial charge in [-0.05, 0) is 48.2 Å². The van der Waals surface area contributed by atoms with E-state index < -0.39 is 12.0 Å². The van der Waals surface area contributed by atoms with Gasteiger partial charge in [0.2, 0.25) is 5.95 Å². The van der Waals surface area contributed by atoms with Crippen molar-refractivity contribution in [3.05, 3.63) is 65.6 Å². The Morgan fingerprint density at radius 2 is 1.86 bits per heavy atom. The van der Waals surface area contributed by atoms with Gasteiger partial charge in [0.25, 0.3) is 5.91 Å². The fourth-order valence-corrected chi connectivity index (χ4v) is 3.73. The first kappa shape index (κ1) is 19.2. The minimum absolute atomic E-state index is 0.114. The van der Waals surface area contributed by atoms with E-state index in [2.05, 4.69) is 23.8 Å². The van der Waals surface area contributed by atoms with Crippen LogP contribution in [0.25, 0.3) is 11.0 Å². The smallest absolute Gasteiger partial charge is 0.260 e. The summed E-state index contributed by atoms with van der Waals surface area (Å²) < 4.78 is 13.6. The van der Waals surface area contributed by atoms with E-state index in [9.17, 15) is 14.0 Å². The number of carbonyl (C=O) groups is 2. The molecule has 0 fully saturated rings. The molecular formula is C23H22FN3O2. The number of halogens is 1. The van der Waals surface area contributed by atoms with Gasteiger partial charge in [-0.1, -0.05) is 32.0 Å². The standard InChI is InChI=1S/C23H22FN3O2/c1-14(2)7-10-16(28)13-19-17-5-3-4-6-18(17)23(29)27(19)21-12-9-15-8-11-20(24)25-22(15)26-21/h3-6,8-9,11-12,14,19H,7,10,13H2,1-2H3. The Morgan fingerprint density at radius 1 is 1.10 bits per heavy atom. The molecule has 5 nitrogen and oxygen atoms in total. The second kappa shape index (κ2) is 7.70. The van der Waals surface area contributed by atoms with Gasteiger partial charge in [0.15, 0.2) is 5.65 Å². The Labute approximate surface area is 168 Å². The first-order valence-electron chi connectivity index (χ1n) is 9.81. The third-order valence-electron chi connectivity index (χ3n) is 5.25. The van der Waals surface area contributed by atoms with Gasteiger partial charge in [0, 0.05) is 23.8 Å². The zero-order chi connectivity index (χ0) is 20.5. The minimum atomic E-state index is -0.626. The number of rotatable bonds is 6. The third kappa shape index (κ3) is 3.75. The van der Waals surface area contributed by atoms with Crippen LogP contribution in [0.4, 0.5) is 10.2 Å². The highest BCUT2D eigenvalue weighted by Crippen LogP contribution is 2.39. The topological polar surface area (TPSA) is 63.2 Å². The van der Waals surface area contributed by atoms with E-state index >= 15 is 0 Å². The van der Waals surface area contributed by atoms with Crippen molar-refractivity contribution < 1.29 is 14.0 Å². The van der Waals surface area contributed by atoms with E-state index in [1.165, 1.54) is 6.07 Å². The van der Waals surface area contributed by atoms with Crippen molar-refractivity contribution in [1.29, 1.82) is 0 Å². The average Bonchev–Trinajstić information content (AvgIpc) is 2.98. The molecule has 3 heterocycles. The summed E-state index contributed by atoms with van der Waals surface area (Å²) >= 11 is 0. The SMILES string of the molecule is CC(C)CCC(=O)CC1c2ccccc2C(=O)N1c1ccc2ccc(F)nc2n1. The van der Waals surface area contributed by atoms with E-state index in [1.54, 1.807) is 29.2 Å². The molecular weight excluding hydrogens is 369 g/mol. The van der Waals surface area contributed by atoms with Crippen LogP contribution in [0.3, 0.4) is 0 Å². The van der Waals surface area contributed by atoms with Crippen LogP contribution >= 0.6 is 0 Å². The Morgan fingerprint density at radius 3 is 2.66 bits per heavy atom. The lowest BCUT2D eigenvalue weighted by atomic mass is 9.97. The van der Waals surface area contributed by atoms with Crippen molar-refractivity contribution in [3.8, 4) is 0 Å². The summed E-state index contributed by atoms with van der Waals surface area (Å²) in [7, 11) is 0. The molecule has 1 unspecified atom stereocenters. The molecule has 0 N–H and O–H groups in total. The number of aromatic nitrogens is 2. The van der Waals surface area contributed by atoms with Gasteiger partial charge < -0.3 is 0 Å². The molecule has 1 aromatic carbocycles. The summed E-state index contributed by atoms with van der Waals surface area (Å²) in [6.45, 7) is 4.16. The number of ketones is 1. The van der Waals surface area contributed by atoms with Gasteiger partial charge >= 0.3 is 0 Å². The number of amides is 1. The van der Waals surface area contributed by atoms with Crippen molar-refractivity contribution in [2.24, 2.45) is 5.92 Å². The van der Waals surface area contributed by atoms with Gasteiger partial charge in [-0.25, -0.2) is 4.98 Å². The molecule has 148 valence electrons. The van der Waals surface area contributed by atoms with Crippen LogP contribution in [0.2, 0.25) is 0 Å². The van der Waals surface area contributed by atoms with Gasteiger partial charge in [-0.15, -0.1) is 0 Å². The van der Waals surface area contributed by atoms with E-state index in [0.717, 1.165) is 12.0 Å². The molecule has 0 saturated carbocycles. The quantitative estimate of drug-likeness (QED) is 0.563. The summed E-state index contributed by atoms with van der Waals surface area (Å²) in [6.07, 6.45) is 1.53. The average molecular weight is 391 g/mol. The summed E-state index contributed by atoms with van der Waals surface area (Å²) in [6, 6.07) is 13.3. The van der Waals surface area contributed by atoms with Crippen molar-refractivity contribution in [1.82, 2.24) is 9.97 Å². The van der Waals surface area contributed by atoms with Gasteiger partial charge in [0.1, 0.15) is 11.6 Å². The molecule has 0 saturated heterocycles. The lowest BCUT2D eigenvalue weighted by Crippen LogP contribution is -2.30. The van der Waals surface area contributed by atoms with Crippen LogP contribution in [0, 0.1) is 11.9 Å². The molecule has 6 heteroatoms. The number of pyridine rings is 2. The largest absolute Gasteiger partial charge is 0.300 e. The maximum atomic E-state index is 13.6. The molecule has 0 spiro atoms. The predicted octanol–water partition coefficient (Wildman–Crippen LogP) is 4.87. The van der Waals surface area contributed by atoms with Gasteiger partial charge in [-0.3, -0.25) is 14.5 Å². The van der Waals surface area contributed by atoms with E-state index in [-0.39, 0.29) is 23.8 Å². The van der Waals surface area contributed by atoms with Crippen LogP contribution in [0.15, 0.2) is 48.5 Å². The number of hydrogen-bond acceptors (Lipinski definition) is 4. The molecule has 1 aliphatic rings. The Bertz CT molecular complexity index is 1100. The molecule has 0 bridgehead atoms. The number of carbonyl (C=O) groups excluding carboxylic acids is 2. The summed E-state index contributed by atoms with van der Waals surface area (Å²) in [4.78, 5) is 35.6. The van der Waals surface area contributed by atoms with Gasteiger partial charge in [-0.2, -0.15) is 9.37 Å². The normalized spacial score (nSPS) is 15.9. The lowest BCUT2D eigenvalue weighted by Gasteiger charge is -2.24. The summed E-state index contributed by atoms with van der Waals surface area (Å²) in [5.74, 6) is 0.0985. The highest BCUT2D eigenvalue weighted by molar-refractivity contribution is 6.11. The van der Waals surface area contributed by atoms with E-state index in [0.29, 0.717) is 29.1 Å². The zero-order valence-corrected chi connectivity index (χ0v) is 16.4. The minimum Gasteiger partial charge on any atom is -0.300 e. The van der Waals surface area contributed by atoms with Crippen LogP contribution < -0.4 is 4.90 Å². The van der Waals surface area contributed by atoms with Crippen LogP contribution in [0.1, 0.15) is 55.1 Å². The second-order valence-corrected chi connectivity index (χ2v) is 7.80. The molecule has 1 aliphatic heterocycles. The predicted molar refractivity (Wildman–Crippen MR) is 109 cm³/mol. The third-order valence-corrected chi connectivity index (χ3v) is 5.25. The number of nitrogens with zero attached hydrogens (tertiary/aromatic N) is 3. The highest BCUT2D eigenvalue weighted by Gasteiger charge is 2.39. The lowest BCUT2D eigenvalue weighted by molar-refractivity contribution is -0.119. The molecule has 4 rings (SSSR count). The molecule has 0 aliphatic carbocycles. The van der Waals surface area contributed by atoms with Crippen LogP contribution in [0.5, 0.6) is 0 Å². The molecule has 1 atom stereocenters. The monoisotopic (exact) mass is 391 g/mol. The van der Waals surface area contributed by atoms with Crippen molar-refractivity contribution in [2.75, 3.05) is 4.90 Å². The first-order valence-corrected chi connectivity index (χ1v) is 9.81. The first-order chi connectivity index (χ1) is 13.9. The Kier molecular flexibility index (Phi) is 5.09. The van der Waals surface area contributed by atoms with Crippen LogP contribution in [-0.2, 0) is 4.79 Å². The van der Waals surface area contributed by atoms with Crippen molar-refractivity contribution >= 4 is 28.5 Å². The molecule has 0 radical (unpaired) electrons. The molecule has 2 aromatic heterocycles. The van der Waals surface area contributed by atoms with E-state index in [4.69, 9.17) is 0 Å². The summed E-state index contributed by atoms with van der Waals surface area (Å²) in [5, 5.41) is 0.684. The Hall–Kier alpha value is -3.15. The van der Waals surface area contributed by atoms with Gasteiger partial charge in [0.05, 0.1) is 6.04 Å².